The molecule has 0 aliphatic carbocycles. The molecular weight excluding hydrogens is 290 g/mol. The van der Waals surface area contributed by atoms with Gasteiger partial charge in [-0.1, -0.05) is 31.8 Å². The molecule has 0 atom stereocenters. The Labute approximate surface area is 133 Å². The molecule has 3 rings (SSSR count). The van der Waals surface area contributed by atoms with E-state index in [4.69, 9.17) is 5.11 Å². The van der Waals surface area contributed by atoms with Crippen LogP contribution in [0.25, 0.3) is 5.65 Å². The van der Waals surface area contributed by atoms with Gasteiger partial charge in [0.2, 0.25) is 0 Å². The molecule has 2 heterocycles. The van der Waals surface area contributed by atoms with Gasteiger partial charge in [0.1, 0.15) is 0 Å². The van der Waals surface area contributed by atoms with Crippen molar-refractivity contribution in [3.63, 3.8) is 0 Å². The quantitative estimate of drug-likeness (QED) is 0.739. The largest absolute Gasteiger partial charge is 0.478 e. The molecule has 1 aromatic carbocycles. The Balaban J connectivity index is 2.04. The van der Waals surface area contributed by atoms with E-state index in [-0.39, 0.29) is 11.5 Å². The first-order valence-electron chi connectivity index (χ1n) is 7.23. The van der Waals surface area contributed by atoms with E-state index in [2.05, 4.69) is 35.8 Å². The van der Waals surface area contributed by atoms with Gasteiger partial charge in [0.05, 0.1) is 17.3 Å². The fraction of sp³-hybridized carbons (Fsp3) is 0.167. The highest BCUT2D eigenvalue weighted by atomic mass is 16.4. The van der Waals surface area contributed by atoms with Crippen molar-refractivity contribution in [1.29, 1.82) is 0 Å². The molecule has 23 heavy (non-hydrogen) atoms. The number of hydrogen-bond acceptors (Lipinski definition) is 3. The summed E-state index contributed by atoms with van der Waals surface area (Å²) in [4.78, 5) is 15.4. The van der Waals surface area contributed by atoms with Crippen LogP contribution < -0.4 is 0 Å². The number of rotatable bonds is 2. The van der Waals surface area contributed by atoms with Crippen LogP contribution in [0.2, 0.25) is 0 Å². The summed E-state index contributed by atoms with van der Waals surface area (Å²) in [5.41, 5.74) is 3.46. The Kier molecular flexibility index (Phi) is 3.82. The Bertz CT molecular complexity index is 946. The zero-order chi connectivity index (χ0) is 16.4. The highest BCUT2D eigenvalue weighted by Crippen LogP contribution is 2.20. The second-order valence-electron chi connectivity index (χ2n) is 5.49. The van der Waals surface area contributed by atoms with Gasteiger partial charge in [-0.3, -0.25) is 0 Å². The Hall–Kier alpha value is -3.13. The van der Waals surface area contributed by atoms with Crippen LogP contribution in [0.3, 0.4) is 0 Å². The minimum absolute atomic E-state index is 0.236. The van der Waals surface area contributed by atoms with Crippen molar-refractivity contribution in [2.75, 3.05) is 0 Å². The first-order chi connectivity index (χ1) is 11.0. The van der Waals surface area contributed by atoms with Crippen LogP contribution in [0, 0.1) is 11.8 Å². The number of carboxylic acid groups (broad SMARTS) is 1. The normalized spacial score (nSPS) is 10.6. The van der Waals surface area contributed by atoms with E-state index in [0.29, 0.717) is 0 Å². The van der Waals surface area contributed by atoms with E-state index in [1.54, 1.807) is 35.2 Å². The lowest BCUT2D eigenvalue weighted by Gasteiger charge is -2.09. The Morgan fingerprint density at radius 2 is 2.09 bits per heavy atom. The van der Waals surface area contributed by atoms with E-state index >= 15 is 0 Å². The SMILES string of the molecule is CC(C)c1ccc(C(=O)O)cc1C#Cc1cnc2ccnn2c1. The first kappa shape index (κ1) is 14.8. The molecule has 0 radical (unpaired) electrons. The number of fused-ring (bicyclic) bond motifs is 1. The third-order valence-electron chi connectivity index (χ3n) is 3.51. The van der Waals surface area contributed by atoms with Gasteiger partial charge in [-0.15, -0.1) is 0 Å². The maximum Gasteiger partial charge on any atom is 0.335 e. The van der Waals surface area contributed by atoms with Crippen LogP contribution in [0.4, 0.5) is 0 Å². The van der Waals surface area contributed by atoms with Crippen molar-refractivity contribution in [3.8, 4) is 11.8 Å². The van der Waals surface area contributed by atoms with Gasteiger partial charge >= 0.3 is 5.97 Å². The van der Waals surface area contributed by atoms with Gasteiger partial charge < -0.3 is 5.11 Å². The van der Waals surface area contributed by atoms with Crippen molar-refractivity contribution >= 4 is 11.6 Å². The van der Waals surface area contributed by atoms with Gasteiger partial charge in [0.15, 0.2) is 5.65 Å². The standard InChI is InChI=1S/C18H15N3O2/c1-12(2)16-6-5-15(18(22)23)9-14(16)4-3-13-10-19-17-7-8-20-21(17)11-13/h5-12H,1-2H3,(H,22,23). The summed E-state index contributed by atoms with van der Waals surface area (Å²) in [6, 6.07) is 6.86. The molecule has 5 nitrogen and oxygen atoms in total. The molecule has 0 aliphatic heterocycles. The number of benzene rings is 1. The molecule has 0 saturated heterocycles. The summed E-state index contributed by atoms with van der Waals surface area (Å²) in [5.74, 6) is 5.41. The van der Waals surface area contributed by atoms with Crippen molar-refractivity contribution in [3.05, 3.63) is 65.1 Å². The minimum Gasteiger partial charge on any atom is -0.478 e. The number of aromatic carboxylic acids is 1. The third-order valence-corrected chi connectivity index (χ3v) is 3.51. The van der Waals surface area contributed by atoms with Crippen LogP contribution in [0.15, 0.2) is 42.9 Å². The Morgan fingerprint density at radius 1 is 1.26 bits per heavy atom. The van der Waals surface area contributed by atoms with E-state index in [1.165, 1.54) is 0 Å². The summed E-state index contributed by atoms with van der Waals surface area (Å²) in [6.45, 7) is 4.11. The fourth-order valence-corrected chi connectivity index (χ4v) is 2.31. The number of hydrogen-bond donors (Lipinski definition) is 1. The second kappa shape index (κ2) is 5.93. The minimum atomic E-state index is -0.956. The monoisotopic (exact) mass is 305 g/mol. The van der Waals surface area contributed by atoms with Crippen molar-refractivity contribution in [1.82, 2.24) is 14.6 Å². The second-order valence-corrected chi connectivity index (χ2v) is 5.49. The molecule has 1 N–H and O–H groups in total. The molecule has 0 unspecified atom stereocenters. The summed E-state index contributed by atoms with van der Waals surface area (Å²) < 4.78 is 1.65. The highest BCUT2D eigenvalue weighted by molar-refractivity contribution is 5.88. The predicted octanol–water partition coefficient (Wildman–Crippen LogP) is 2.95. The van der Waals surface area contributed by atoms with Gasteiger partial charge in [-0.2, -0.15) is 5.10 Å². The van der Waals surface area contributed by atoms with Gasteiger partial charge in [-0.05, 0) is 23.6 Å². The predicted molar refractivity (Wildman–Crippen MR) is 86.5 cm³/mol. The van der Waals surface area contributed by atoms with Gasteiger partial charge in [0.25, 0.3) is 0 Å². The Morgan fingerprint density at radius 3 is 2.83 bits per heavy atom. The highest BCUT2D eigenvalue weighted by Gasteiger charge is 2.09. The molecule has 0 spiro atoms. The molecule has 0 fully saturated rings. The molecule has 0 bridgehead atoms. The number of carboxylic acids is 1. The average Bonchev–Trinajstić information content (AvgIpc) is 3.00. The molecule has 114 valence electrons. The molecule has 0 amide bonds. The van der Waals surface area contributed by atoms with Crippen LogP contribution >= 0.6 is 0 Å². The molecule has 0 aliphatic rings. The maximum atomic E-state index is 11.2. The molecule has 0 saturated carbocycles. The van der Waals surface area contributed by atoms with E-state index in [9.17, 15) is 4.79 Å². The first-order valence-corrected chi connectivity index (χ1v) is 7.23. The molecule has 3 aromatic rings. The van der Waals surface area contributed by atoms with Crippen molar-refractivity contribution < 1.29 is 9.90 Å². The average molecular weight is 305 g/mol. The van der Waals surface area contributed by atoms with Crippen LogP contribution in [-0.4, -0.2) is 25.7 Å². The molecule has 2 aromatic heterocycles. The lowest BCUT2D eigenvalue weighted by atomic mass is 9.95. The lowest BCUT2D eigenvalue weighted by Crippen LogP contribution is -2.00. The number of nitrogens with zero attached hydrogens (tertiary/aromatic N) is 3. The third kappa shape index (κ3) is 3.06. The summed E-state index contributed by atoms with van der Waals surface area (Å²) >= 11 is 0. The van der Waals surface area contributed by atoms with Crippen LogP contribution in [0.5, 0.6) is 0 Å². The van der Waals surface area contributed by atoms with E-state index < -0.39 is 5.97 Å². The smallest absolute Gasteiger partial charge is 0.335 e. The van der Waals surface area contributed by atoms with E-state index in [0.717, 1.165) is 22.3 Å². The van der Waals surface area contributed by atoms with Crippen LogP contribution in [-0.2, 0) is 0 Å². The summed E-state index contributed by atoms with van der Waals surface area (Å²) in [7, 11) is 0. The topological polar surface area (TPSA) is 67.5 Å². The fourth-order valence-electron chi connectivity index (χ4n) is 2.31. The van der Waals surface area contributed by atoms with Crippen LogP contribution in [0.1, 0.15) is 46.8 Å². The van der Waals surface area contributed by atoms with Gasteiger partial charge in [-0.25, -0.2) is 14.3 Å². The summed E-state index contributed by atoms with van der Waals surface area (Å²) in [6.07, 6.45) is 5.15. The zero-order valence-corrected chi connectivity index (χ0v) is 12.8. The van der Waals surface area contributed by atoms with Gasteiger partial charge in [0, 0.05) is 24.0 Å². The number of aromatic nitrogens is 3. The zero-order valence-electron chi connectivity index (χ0n) is 12.8. The summed E-state index contributed by atoms with van der Waals surface area (Å²) in [5, 5.41) is 13.3. The van der Waals surface area contributed by atoms with E-state index in [1.807, 2.05) is 12.1 Å². The molecular formula is C18H15N3O2. The molecule has 5 heteroatoms. The maximum absolute atomic E-state index is 11.2. The van der Waals surface area contributed by atoms with Crippen molar-refractivity contribution in [2.24, 2.45) is 0 Å². The van der Waals surface area contributed by atoms with Crippen molar-refractivity contribution in [2.45, 2.75) is 19.8 Å². The number of carbonyl (C=O) groups is 1. The lowest BCUT2D eigenvalue weighted by molar-refractivity contribution is 0.0697.